The highest BCUT2D eigenvalue weighted by molar-refractivity contribution is 5.81. The van der Waals surface area contributed by atoms with Crippen LogP contribution in [0.3, 0.4) is 0 Å². The summed E-state index contributed by atoms with van der Waals surface area (Å²) < 4.78 is 1.39. The molecule has 0 bridgehead atoms. The zero-order chi connectivity index (χ0) is 11.8. The number of H-pyrrole nitrogens is 2. The third-order valence-corrected chi connectivity index (χ3v) is 2.64. The van der Waals surface area contributed by atoms with Gasteiger partial charge in [0.2, 0.25) is 0 Å². The molecule has 0 fully saturated rings. The van der Waals surface area contributed by atoms with Gasteiger partial charge in [-0.15, -0.1) is 0 Å². The molecule has 0 spiro atoms. The lowest BCUT2D eigenvalue weighted by Gasteiger charge is -2.04. The number of aromatic amines is 2. The van der Waals surface area contributed by atoms with E-state index in [2.05, 4.69) is 9.97 Å². The second-order valence-corrected chi connectivity index (χ2v) is 3.73. The third-order valence-electron chi connectivity index (χ3n) is 2.64. The summed E-state index contributed by atoms with van der Waals surface area (Å²) in [5, 5.41) is 1.08. The molecule has 84 valence electrons. The van der Waals surface area contributed by atoms with Gasteiger partial charge in [-0.1, -0.05) is 6.07 Å². The largest absolute Gasteiger partial charge is 0.361 e. The van der Waals surface area contributed by atoms with Gasteiger partial charge in [-0.2, -0.15) is 0 Å². The number of fused-ring (bicyclic) bond motifs is 1. The summed E-state index contributed by atoms with van der Waals surface area (Å²) in [7, 11) is 0. The second kappa shape index (κ2) is 3.48. The molecule has 2 N–H and O–H groups in total. The van der Waals surface area contributed by atoms with E-state index < -0.39 is 11.2 Å². The van der Waals surface area contributed by atoms with Crippen LogP contribution in [0, 0.1) is 0 Å². The highest BCUT2D eigenvalue weighted by Gasteiger charge is 2.01. The summed E-state index contributed by atoms with van der Waals surface area (Å²) in [6.45, 7) is 0. The van der Waals surface area contributed by atoms with E-state index in [-0.39, 0.29) is 0 Å². The maximum absolute atomic E-state index is 11.6. The van der Waals surface area contributed by atoms with E-state index in [1.165, 1.54) is 16.8 Å². The Labute approximate surface area is 95.4 Å². The molecule has 0 amide bonds. The Kier molecular flexibility index (Phi) is 1.98. The molecular formula is C12H9N3O2. The second-order valence-electron chi connectivity index (χ2n) is 3.73. The van der Waals surface area contributed by atoms with Gasteiger partial charge in [0.15, 0.2) is 0 Å². The predicted molar refractivity (Wildman–Crippen MR) is 64.5 cm³/mol. The van der Waals surface area contributed by atoms with Crippen LogP contribution in [0.5, 0.6) is 0 Å². The number of hydrogen-bond acceptors (Lipinski definition) is 2. The molecule has 3 rings (SSSR count). The summed E-state index contributed by atoms with van der Waals surface area (Å²) >= 11 is 0. The smallest absolute Gasteiger partial charge is 0.332 e. The van der Waals surface area contributed by atoms with Crippen molar-refractivity contribution in [2.75, 3.05) is 0 Å². The van der Waals surface area contributed by atoms with Crippen LogP contribution in [0.1, 0.15) is 0 Å². The molecule has 0 unspecified atom stereocenters. The number of nitrogens with zero attached hydrogens (tertiary/aromatic N) is 1. The zero-order valence-corrected chi connectivity index (χ0v) is 8.81. The third kappa shape index (κ3) is 1.57. The maximum atomic E-state index is 11.6. The van der Waals surface area contributed by atoms with Gasteiger partial charge in [0, 0.05) is 24.0 Å². The van der Waals surface area contributed by atoms with E-state index in [0.717, 1.165) is 10.9 Å². The lowest BCUT2D eigenvalue weighted by Crippen LogP contribution is -2.27. The van der Waals surface area contributed by atoms with Crippen molar-refractivity contribution in [3.63, 3.8) is 0 Å². The summed E-state index contributed by atoms with van der Waals surface area (Å²) in [4.78, 5) is 27.9. The molecule has 3 aromatic rings. The molecule has 2 heterocycles. The van der Waals surface area contributed by atoms with E-state index in [4.69, 9.17) is 0 Å². The van der Waals surface area contributed by atoms with Gasteiger partial charge < -0.3 is 4.98 Å². The standard InChI is InChI=1S/C12H9N3O2/c16-11-4-6-15(12(17)14-11)9-2-1-8-3-5-13-10(8)7-9/h1-7,13H,(H,14,16,17). The SMILES string of the molecule is O=c1ccn(-c2ccc3cc[nH]c3c2)c(=O)[nH]1. The van der Waals surface area contributed by atoms with E-state index >= 15 is 0 Å². The molecule has 5 heteroatoms. The molecule has 0 saturated heterocycles. The number of rotatable bonds is 1. The van der Waals surface area contributed by atoms with Crippen molar-refractivity contribution in [3.8, 4) is 5.69 Å². The van der Waals surface area contributed by atoms with Gasteiger partial charge in [-0.25, -0.2) is 4.79 Å². The van der Waals surface area contributed by atoms with Crippen LogP contribution in [-0.4, -0.2) is 14.5 Å². The first kappa shape index (κ1) is 9.65. The normalized spacial score (nSPS) is 10.8. The van der Waals surface area contributed by atoms with E-state index in [1.54, 1.807) is 0 Å². The first-order valence-electron chi connectivity index (χ1n) is 5.13. The molecule has 5 nitrogen and oxygen atoms in total. The lowest BCUT2D eigenvalue weighted by molar-refractivity contribution is 0.897. The van der Waals surface area contributed by atoms with Crippen LogP contribution in [0.4, 0.5) is 0 Å². The Morgan fingerprint density at radius 1 is 1.06 bits per heavy atom. The van der Waals surface area contributed by atoms with Gasteiger partial charge >= 0.3 is 5.69 Å². The fourth-order valence-electron chi connectivity index (χ4n) is 1.81. The van der Waals surface area contributed by atoms with Crippen molar-refractivity contribution in [1.82, 2.24) is 14.5 Å². The highest BCUT2D eigenvalue weighted by atomic mass is 16.2. The number of hydrogen-bond donors (Lipinski definition) is 2. The molecule has 17 heavy (non-hydrogen) atoms. The van der Waals surface area contributed by atoms with Crippen LogP contribution in [0.15, 0.2) is 52.3 Å². The van der Waals surface area contributed by atoms with Crippen LogP contribution >= 0.6 is 0 Å². The average Bonchev–Trinajstić information content (AvgIpc) is 2.75. The summed E-state index contributed by atoms with van der Waals surface area (Å²) in [5.41, 5.74) is 0.817. The Morgan fingerprint density at radius 3 is 2.76 bits per heavy atom. The number of aromatic nitrogens is 3. The minimum Gasteiger partial charge on any atom is -0.361 e. The molecule has 0 saturated carbocycles. The zero-order valence-electron chi connectivity index (χ0n) is 8.81. The highest BCUT2D eigenvalue weighted by Crippen LogP contribution is 2.15. The van der Waals surface area contributed by atoms with Crippen molar-refractivity contribution >= 4 is 10.9 Å². The Hall–Kier alpha value is -2.56. The van der Waals surface area contributed by atoms with E-state index in [0.29, 0.717) is 5.69 Å². The fraction of sp³-hybridized carbons (Fsp3) is 0. The lowest BCUT2D eigenvalue weighted by atomic mass is 10.2. The van der Waals surface area contributed by atoms with Crippen LogP contribution < -0.4 is 11.2 Å². The molecule has 1 aromatic carbocycles. The van der Waals surface area contributed by atoms with Gasteiger partial charge in [-0.05, 0) is 23.6 Å². The minimum atomic E-state index is -0.441. The summed E-state index contributed by atoms with van der Waals surface area (Å²) in [5.74, 6) is 0. The van der Waals surface area contributed by atoms with E-state index in [1.807, 2.05) is 30.5 Å². The maximum Gasteiger partial charge on any atom is 0.332 e. The molecule has 2 aromatic heterocycles. The number of benzene rings is 1. The fourth-order valence-corrected chi connectivity index (χ4v) is 1.81. The van der Waals surface area contributed by atoms with Crippen molar-refractivity contribution in [1.29, 1.82) is 0 Å². The first-order chi connectivity index (χ1) is 8.24. The predicted octanol–water partition coefficient (Wildman–Crippen LogP) is 1.01. The van der Waals surface area contributed by atoms with Crippen LogP contribution in [0.25, 0.3) is 16.6 Å². The van der Waals surface area contributed by atoms with Gasteiger partial charge in [0.25, 0.3) is 5.56 Å². The topological polar surface area (TPSA) is 70.7 Å². The average molecular weight is 227 g/mol. The van der Waals surface area contributed by atoms with Crippen molar-refractivity contribution in [2.45, 2.75) is 0 Å². The Morgan fingerprint density at radius 2 is 1.94 bits per heavy atom. The summed E-state index contributed by atoms with van der Waals surface area (Å²) in [6.07, 6.45) is 3.30. The van der Waals surface area contributed by atoms with E-state index in [9.17, 15) is 9.59 Å². The van der Waals surface area contributed by atoms with Crippen LogP contribution in [-0.2, 0) is 0 Å². The van der Waals surface area contributed by atoms with Crippen molar-refractivity contribution in [3.05, 3.63) is 63.6 Å². The van der Waals surface area contributed by atoms with Crippen molar-refractivity contribution < 1.29 is 0 Å². The molecule has 0 aliphatic carbocycles. The van der Waals surface area contributed by atoms with Gasteiger partial charge in [0.05, 0.1) is 5.69 Å². The first-order valence-corrected chi connectivity index (χ1v) is 5.13. The Bertz CT molecular complexity index is 795. The number of nitrogens with one attached hydrogen (secondary N) is 2. The molecule has 0 aliphatic rings. The van der Waals surface area contributed by atoms with Crippen molar-refractivity contribution in [2.24, 2.45) is 0 Å². The quantitative estimate of drug-likeness (QED) is 0.651. The molecule has 0 aliphatic heterocycles. The van der Waals surface area contributed by atoms with Crippen LogP contribution in [0.2, 0.25) is 0 Å². The van der Waals surface area contributed by atoms with Gasteiger partial charge in [0.1, 0.15) is 0 Å². The molecule has 0 atom stereocenters. The molecular weight excluding hydrogens is 218 g/mol. The Balaban J connectivity index is 2.26. The monoisotopic (exact) mass is 227 g/mol. The summed E-state index contributed by atoms with van der Waals surface area (Å²) in [6, 6.07) is 8.87. The minimum absolute atomic E-state index is 0.396. The van der Waals surface area contributed by atoms with Gasteiger partial charge in [-0.3, -0.25) is 14.3 Å². The molecule has 0 radical (unpaired) electrons.